The number of hydrogen-bond acceptors (Lipinski definition) is 6. The van der Waals surface area contributed by atoms with E-state index >= 15 is 0 Å². The minimum absolute atomic E-state index is 0.00548. The van der Waals surface area contributed by atoms with Crippen LogP contribution in [0.5, 0.6) is 11.5 Å². The standard InChI is InChI=1S/C21H22N2O6/c1-4-29-21(26)22(17-13-14(27-2)9-10-18(17)28-3)11-12-23-19(24)15-7-5-6-8-16(15)20(23)25/h5-10,13H,4,11-12H2,1-3H3. The molecule has 29 heavy (non-hydrogen) atoms. The summed E-state index contributed by atoms with van der Waals surface area (Å²) in [6, 6.07) is 11.7. The molecule has 8 nitrogen and oxygen atoms in total. The average Bonchev–Trinajstić information content (AvgIpc) is 2.99. The van der Waals surface area contributed by atoms with Crippen molar-refractivity contribution in [3.63, 3.8) is 0 Å². The normalized spacial score (nSPS) is 12.6. The van der Waals surface area contributed by atoms with Crippen LogP contribution in [0.15, 0.2) is 42.5 Å². The van der Waals surface area contributed by atoms with Crippen molar-refractivity contribution >= 4 is 23.6 Å². The van der Waals surface area contributed by atoms with E-state index < -0.39 is 6.09 Å². The molecule has 2 aromatic carbocycles. The molecule has 0 N–H and O–H groups in total. The van der Waals surface area contributed by atoms with Crippen LogP contribution in [0.3, 0.4) is 0 Å². The molecular weight excluding hydrogens is 376 g/mol. The molecule has 0 bridgehead atoms. The van der Waals surface area contributed by atoms with Gasteiger partial charge in [-0.1, -0.05) is 12.1 Å². The van der Waals surface area contributed by atoms with E-state index in [0.717, 1.165) is 4.90 Å². The largest absolute Gasteiger partial charge is 0.497 e. The van der Waals surface area contributed by atoms with Gasteiger partial charge in [0.2, 0.25) is 0 Å². The second kappa shape index (κ2) is 8.64. The minimum Gasteiger partial charge on any atom is -0.497 e. The molecule has 0 saturated heterocycles. The molecule has 1 aliphatic heterocycles. The summed E-state index contributed by atoms with van der Waals surface area (Å²) >= 11 is 0. The molecule has 0 unspecified atom stereocenters. The number of carbonyl (C=O) groups is 3. The molecule has 8 heteroatoms. The quantitative estimate of drug-likeness (QED) is 0.667. The van der Waals surface area contributed by atoms with Crippen LogP contribution in [0, 0.1) is 0 Å². The van der Waals surface area contributed by atoms with Crippen LogP contribution < -0.4 is 14.4 Å². The number of amides is 3. The number of carbonyl (C=O) groups excluding carboxylic acids is 3. The van der Waals surface area contributed by atoms with E-state index in [1.165, 1.54) is 19.1 Å². The zero-order valence-electron chi connectivity index (χ0n) is 16.5. The number of anilines is 1. The summed E-state index contributed by atoms with van der Waals surface area (Å²) in [4.78, 5) is 40.3. The lowest BCUT2D eigenvalue weighted by Gasteiger charge is -2.26. The molecule has 0 fully saturated rings. The number of methoxy groups -OCH3 is 2. The third-order valence-corrected chi connectivity index (χ3v) is 4.59. The summed E-state index contributed by atoms with van der Waals surface area (Å²) in [6.07, 6.45) is -0.615. The van der Waals surface area contributed by atoms with Crippen LogP contribution in [0.2, 0.25) is 0 Å². The average molecular weight is 398 g/mol. The Balaban J connectivity index is 1.88. The fourth-order valence-electron chi connectivity index (χ4n) is 3.16. The SMILES string of the molecule is CCOC(=O)N(CCN1C(=O)c2ccccc2C1=O)c1cc(OC)ccc1OC. The van der Waals surface area contributed by atoms with Gasteiger partial charge in [-0.15, -0.1) is 0 Å². The van der Waals surface area contributed by atoms with Crippen molar-refractivity contribution in [2.75, 3.05) is 38.8 Å². The molecule has 0 saturated carbocycles. The first-order valence-corrected chi connectivity index (χ1v) is 9.13. The highest BCUT2D eigenvalue weighted by molar-refractivity contribution is 6.21. The smallest absolute Gasteiger partial charge is 0.414 e. The number of nitrogens with zero attached hydrogens (tertiary/aromatic N) is 2. The third-order valence-electron chi connectivity index (χ3n) is 4.59. The molecule has 2 aromatic rings. The first kappa shape index (κ1) is 20.2. The molecule has 0 aliphatic carbocycles. The maximum Gasteiger partial charge on any atom is 0.414 e. The van der Waals surface area contributed by atoms with E-state index in [1.54, 1.807) is 49.4 Å². The topological polar surface area (TPSA) is 85.4 Å². The van der Waals surface area contributed by atoms with E-state index in [-0.39, 0.29) is 31.5 Å². The molecule has 3 amide bonds. The zero-order valence-corrected chi connectivity index (χ0v) is 16.5. The summed E-state index contributed by atoms with van der Waals surface area (Å²) in [6.45, 7) is 1.91. The molecule has 1 aliphatic rings. The molecule has 0 aromatic heterocycles. The number of hydrogen-bond donors (Lipinski definition) is 0. The van der Waals surface area contributed by atoms with Crippen molar-refractivity contribution in [2.24, 2.45) is 0 Å². The maximum atomic E-state index is 12.6. The third kappa shape index (κ3) is 3.87. The van der Waals surface area contributed by atoms with Crippen LogP contribution in [-0.2, 0) is 4.74 Å². The summed E-state index contributed by atoms with van der Waals surface area (Å²) in [7, 11) is 3.00. The van der Waals surface area contributed by atoms with Gasteiger partial charge in [-0.25, -0.2) is 4.79 Å². The van der Waals surface area contributed by atoms with Gasteiger partial charge in [-0.2, -0.15) is 0 Å². The summed E-state index contributed by atoms with van der Waals surface area (Å²) in [5.74, 6) is 0.191. The minimum atomic E-state index is -0.615. The van der Waals surface area contributed by atoms with Gasteiger partial charge >= 0.3 is 6.09 Å². The van der Waals surface area contributed by atoms with Gasteiger partial charge in [-0.3, -0.25) is 19.4 Å². The summed E-state index contributed by atoms with van der Waals surface area (Å²) in [5.41, 5.74) is 1.14. The van der Waals surface area contributed by atoms with Crippen molar-refractivity contribution in [3.05, 3.63) is 53.6 Å². The van der Waals surface area contributed by atoms with Crippen LogP contribution >= 0.6 is 0 Å². The van der Waals surface area contributed by atoms with Crippen molar-refractivity contribution < 1.29 is 28.6 Å². The predicted molar refractivity (Wildman–Crippen MR) is 106 cm³/mol. The summed E-state index contributed by atoms with van der Waals surface area (Å²) in [5, 5.41) is 0. The summed E-state index contributed by atoms with van der Waals surface area (Å²) < 4.78 is 15.8. The van der Waals surface area contributed by atoms with Crippen molar-refractivity contribution in [1.82, 2.24) is 4.90 Å². The second-order valence-corrected chi connectivity index (χ2v) is 6.20. The monoisotopic (exact) mass is 398 g/mol. The first-order valence-electron chi connectivity index (χ1n) is 9.13. The van der Waals surface area contributed by atoms with Crippen LogP contribution in [-0.4, -0.2) is 56.7 Å². The molecule has 0 radical (unpaired) electrons. The van der Waals surface area contributed by atoms with Gasteiger partial charge in [0.15, 0.2) is 0 Å². The van der Waals surface area contributed by atoms with Crippen molar-refractivity contribution in [2.45, 2.75) is 6.92 Å². The van der Waals surface area contributed by atoms with Gasteiger partial charge in [0, 0.05) is 19.2 Å². The van der Waals surface area contributed by atoms with Crippen LogP contribution in [0.1, 0.15) is 27.6 Å². The molecule has 0 spiro atoms. The van der Waals surface area contributed by atoms with E-state index in [0.29, 0.717) is 28.3 Å². The Morgan fingerprint density at radius 2 is 1.66 bits per heavy atom. The Kier molecular flexibility index (Phi) is 6.01. The first-order chi connectivity index (χ1) is 14.0. The molecule has 1 heterocycles. The zero-order chi connectivity index (χ0) is 21.0. The number of rotatable bonds is 7. The van der Waals surface area contributed by atoms with Gasteiger partial charge in [0.25, 0.3) is 11.8 Å². The maximum absolute atomic E-state index is 12.6. The molecule has 152 valence electrons. The lowest BCUT2D eigenvalue weighted by atomic mass is 10.1. The van der Waals surface area contributed by atoms with Gasteiger partial charge in [-0.05, 0) is 31.2 Å². The fourth-order valence-corrected chi connectivity index (χ4v) is 3.16. The highest BCUT2D eigenvalue weighted by atomic mass is 16.6. The number of benzene rings is 2. The number of imide groups is 1. The van der Waals surface area contributed by atoms with Gasteiger partial charge < -0.3 is 14.2 Å². The van der Waals surface area contributed by atoms with Crippen molar-refractivity contribution in [1.29, 1.82) is 0 Å². The Labute approximate surface area is 168 Å². The Hall–Kier alpha value is -3.55. The van der Waals surface area contributed by atoms with E-state index in [4.69, 9.17) is 14.2 Å². The highest BCUT2D eigenvalue weighted by Gasteiger charge is 2.35. The van der Waals surface area contributed by atoms with E-state index in [2.05, 4.69) is 0 Å². The fraction of sp³-hybridized carbons (Fsp3) is 0.286. The van der Waals surface area contributed by atoms with Gasteiger partial charge in [0.1, 0.15) is 11.5 Å². The second-order valence-electron chi connectivity index (χ2n) is 6.20. The lowest BCUT2D eigenvalue weighted by molar-refractivity contribution is 0.0656. The van der Waals surface area contributed by atoms with Crippen LogP contribution in [0.4, 0.5) is 10.5 Å². The Bertz CT molecular complexity index is 908. The van der Waals surface area contributed by atoms with Gasteiger partial charge in [0.05, 0.1) is 37.6 Å². The number of ether oxygens (including phenoxy) is 3. The Morgan fingerprint density at radius 1 is 1.00 bits per heavy atom. The lowest BCUT2D eigenvalue weighted by Crippen LogP contribution is -2.41. The molecule has 0 atom stereocenters. The molecule has 3 rings (SSSR count). The number of fused-ring (bicyclic) bond motifs is 1. The Morgan fingerprint density at radius 3 is 2.21 bits per heavy atom. The van der Waals surface area contributed by atoms with E-state index in [9.17, 15) is 14.4 Å². The van der Waals surface area contributed by atoms with Crippen molar-refractivity contribution in [3.8, 4) is 11.5 Å². The highest BCUT2D eigenvalue weighted by Crippen LogP contribution is 2.33. The predicted octanol–water partition coefficient (Wildman–Crippen LogP) is 2.96. The van der Waals surface area contributed by atoms with E-state index in [1.807, 2.05) is 0 Å². The van der Waals surface area contributed by atoms with Crippen LogP contribution in [0.25, 0.3) is 0 Å². The molecular formula is C21H22N2O6.